The van der Waals surface area contributed by atoms with E-state index in [1.54, 1.807) is 30.6 Å². The van der Waals surface area contributed by atoms with Crippen molar-refractivity contribution in [3.05, 3.63) is 54.6 Å². The number of nitrogens with zero attached hydrogens (tertiary/aromatic N) is 6. The van der Waals surface area contributed by atoms with Crippen LogP contribution in [0.4, 0.5) is 11.5 Å². The Kier molecular flexibility index (Phi) is 5.14. The second-order valence-corrected chi connectivity index (χ2v) is 6.77. The van der Waals surface area contributed by atoms with Crippen LogP contribution in [-0.2, 0) is 4.79 Å². The fourth-order valence-electron chi connectivity index (χ4n) is 3.38. The molecule has 1 fully saturated rings. The molecule has 1 aliphatic heterocycles. The predicted molar refractivity (Wildman–Crippen MR) is 105 cm³/mol. The van der Waals surface area contributed by atoms with Crippen molar-refractivity contribution in [3.8, 4) is 5.82 Å². The van der Waals surface area contributed by atoms with Gasteiger partial charge in [-0.05, 0) is 37.1 Å². The third-order valence-corrected chi connectivity index (χ3v) is 4.86. The molecule has 2 aromatic heterocycles. The molecule has 148 valence electrons. The monoisotopic (exact) mass is 392 g/mol. The highest BCUT2D eigenvalue weighted by molar-refractivity contribution is 6.03. The first kappa shape index (κ1) is 18.5. The lowest BCUT2D eigenvalue weighted by Gasteiger charge is -2.32. The maximum Gasteiger partial charge on any atom is 0.250 e. The molecule has 0 aliphatic carbocycles. The zero-order valence-electron chi connectivity index (χ0n) is 15.6. The van der Waals surface area contributed by atoms with E-state index in [1.165, 1.54) is 11.0 Å². The number of anilines is 2. The summed E-state index contributed by atoms with van der Waals surface area (Å²) in [6, 6.07) is 10.4. The van der Waals surface area contributed by atoms with Gasteiger partial charge in [-0.3, -0.25) is 9.59 Å². The maximum atomic E-state index is 12.8. The Balaban J connectivity index is 1.44. The first-order chi connectivity index (χ1) is 14.1. The van der Waals surface area contributed by atoms with E-state index in [9.17, 15) is 9.59 Å². The highest BCUT2D eigenvalue weighted by Gasteiger charge is 2.27. The molecule has 29 heavy (non-hydrogen) atoms. The minimum absolute atomic E-state index is 0.143. The summed E-state index contributed by atoms with van der Waals surface area (Å²) in [4.78, 5) is 30.3. The highest BCUT2D eigenvalue weighted by atomic mass is 16.2. The van der Waals surface area contributed by atoms with Crippen LogP contribution in [0.15, 0.2) is 49.1 Å². The summed E-state index contributed by atoms with van der Waals surface area (Å²) in [6.45, 7) is 1.31. The van der Waals surface area contributed by atoms with E-state index in [0.717, 1.165) is 19.4 Å². The summed E-state index contributed by atoms with van der Waals surface area (Å²) in [5.41, 5.74) is 6.11. The lowest BCUT2D eigenvalue weighted by Crippen LogP contribution is -2.41. The van der Waals surface area contributed by atoms with Crippen molar-refractivity contribution in [3.63, 3.8) is 0 Å². The predicted octanol–water partition coefficient (Wildman–Crippen LogP) is 1.01. The largest absolute Gasteiger partial charge is 0.366 e. The van der Waals surface area contributed by atoms with Crippen molar-refractivity contribution in [1.29, 1.82) is 0 Å². The van der Waals surface area contributed by atoms with Crippen LogP contribution in [0.3, 0.4) is 0 Å². The number of piperidine rings is 1. The second-order valence-electron chi connectivity index (χ2n) is 6.77. The summed E-state index contributed by atoms with van der Waals surface area (Å²) in [7, 11) is 0. The molecule has 4 rings (SSSR count). The number of benzene rings is 1. The van der Waals surface area contributed by atoms with Crippen molar-refractivity contribution in [1.82, 2.24) is 25.0 Å². The molecule has 2 amide bonds. The lowest BCUT2D eigenvalue weighted by atomic mass is 9.96. The van der Waals surface area contributed by atoms with Gasteiger partial charge in [0.25, 0.3) is 5.91 Å². The van der Waals surface area contributed by atoms with E-state index in [2.05, 4.69) is 25.6 Å². The van der Waals surface area contributed by atoms with E-state index in [4.69, 9.17) is 5.73 Å². The Morgan fingerprint density at radius 2 is 1.90 bits per heavy atom. The smallest absolute Gasteiger partial charge is 0.250 e. The molecule has 3 heterocycles. The van der Waals surface area contributed by atoms with Gasteiger partial charge in [0.1, 0.15) is 12.7 Å². The maximum absolute atomic E-state index is 12.8. The second kappa shape index (κ2) is 8.05. The van der Waals surface area contributed by atoms with Gasteiger partial charge >= 0.3 is 0 Å². The van der Waals surface area contributed by atoms with E-state index in [-0.39, 0.29) is 11.8 Å². The first-order valence-electron chi connectivity index (χ1n) is 9.25. The van der Waals surface area contributed by atoms with Gasteiger partial charge in [-0.15, -0.1) is 10.2 Å². The van der Waals surface area contributed by atoms with E-state index in [1.807, 2.05) is 17.0 Å². The molecule has 0 radical (unpaired) electrons. The van der Waals surface area contributed by atoms with Crippen LogP contribution in [0.25, 0.3) is 5.82 Å². The average Bonchev–Trinajstić information content (AvgIpc) is 3.29. The number of aromatic nitrogens is 5. The summed E-state index contributed by atoms with van der Waals surface area (Å²) < 4.78 is 1.53. The lowest BCUT2D eigenvalue weighted by molar-refractivity contribution is -0.120. The van der Waals surface area contributed by atoms with E-state index in [0.29, 0.717) is 29.4 Å². The van der Waals surface area contributed by atoms with Gasteiger partial charge in [0, 0.05) is 13.1 Å². The molecule has 0 bridgehead atoms. The number of hydrogen-bond donors (Lipinski definition) is 2. The molecule has 10 nitrogen and oxygen atoms in total. The summed E-state index contributed by atoms with van der Waals surface area (Å²) in [5.74, 6) is 0.315. The highest BCUT2D eigenvalue weighted by Crippen LogP contribution is 2.24. The molecule has 1 aliphatic rings. The molecule has 10 heteroatoms. The minimum atomic E-state index is -0.575. The molecule has 0 spiro atoms. The molecule has 0 saturated carbocycles. The number of amides is 2. The van der Waals surface area contributed by atoms with Gasteiger partial charge in [0.15, 0.2) is 11.6 Å². The Bertz CT molecular complexity index is 1000. The molecular formula is C19H20N8O2. The quantitative estimate of drug-likeness (QED) is 0.662. The number of nitrogens with one attached hydrogen (secondary N) is 1. The standard InChI is InChI=1S/C19H20N8O2/c20-18(28)14-5-1-2-6-15(14)23-19(29)13-4-3-9-26(10-13)16-7-8-17(25-24-16)27-12-21-11-22-27/h1-2,5-8,11-13H,3-4,9-10H2,(H2,20,28)(H,23,29). The third kappa shape index (κ3) is 4.05. The van der Waals surface area contributed by atoms with Crippen molar-refractivity contribution in [2.45, 2.75) is 12.8 Å². The zero-order chi connectivity index (χ0) is 20.2. The number of primary amides is 1. The van der Waals surface area contributed by atoms with Crippen LogP contribution in [0.5, 0.6) is 0 Å². The Morgan fingerprint density at radius 1 is 1.10 bits per heavy atom. The van der Waals surface area contributed by atoms with Gasteiger partial charge in [-0.25, -0.2) is 9.67 Å². The molecular weight excluding hydrogens is 372 g/mol. The summed E-state index contributed by atoms with van der Waals surface area (Å²) in [6.07, 6.45) is 4.59. The molecule has 1 unspecified atom stereocenters. The summed E-state index contributed by atoms with van der Waals surface area (Å²) in [5, 5.41) is 15.3. The van der Waals surface area contributed by atoms with E-state index < -0.39 is 5.91 Å². The van der Waals surface area contributed by atoms with Crippen molar-refractivity contribution in [2.24, 2.45) is 11.7 Å². The van der Waals surface area contributed by atoms with E-state index >= 15 is 0 Å². The van der Waals surface area contributed by atoms with Gasteiger partial charge in [-0.2, -0.15) is 5.10 Å². The van der Waals surface area contributed by atoms with Crippen LogP contribution in [0, 0.1) is 5.92 Å². The van der Waals surface area contributed by atoms with Gasteiger partial charge in [0.05, 0.1) is 17.2 Å². The van der Waals surface area contributed by atoms with Gasteiger partial charge < -0.3 is 16.0 Å². The van der Waals surface area contributed by atoms with Crippen molar-refractivity contribution < 1.29 is 9.59 Å². The van der Waals surface area contributed by atoms with Crippen molar-refractivity contribution >= 4 is 23.3 Å². The van der Waals surface area contributed by atoms with Crippen LogP contribution in [0.1, 0.15) is 23.2 Å². The number of rotatable bonds is 5. The molecule has 1 saturated heterocycles. The summed E-state index contributed by atoms with van der Waals surface area (Å²) >= 11 is 0. The fraction of sp³-hybridized carbons (Fsp3) is 0.263. The number of nitrogens with two attached hydrogens (primary N) is 1. The Labute approximate surface area is 166 Å². The third-order valence-electron chi connectivity index (χ3n) is 4.86. The number of para-hydroxylation sites is 1. The van der Waals surface area contributed by atoms with Crippen LogP contribution in [-0.4, -0.2) is 49.9 Å². The van der Waals surface area contributed by atoms with Crippen LogP contribution < -0.4 is 16.0 Å². The molecule has 1 atom stereocenters. The molecule has 3 aromatic rings. The van der Waals surface area contributed by atoms with Crippen molar-refractivity contribution in [2.75, 3.05) is 23.3 Å². The van der Waals surface area contributed by atoms with Crippen LogP contribution in [0.2, 0.25) is 0 Å². The average molecular weight is 392 g/mol. The van der Waals surface area contributed by atoms with Gasteiger partial charge in [-0.1, -0.05) is 12.1 Å². The Morgan fingerprint density at radius 3 is 2.62 bits per heavy atom. The van der Waals surface area contributed by atoms with Gasteiger partial charge in [0.2, 0.25) is 5.91 Å². The molecule has 3 N–H and O–H groups in total. The normalized spacial score (nSPS) is 16.4. The minimum Gasteiger partial charge on any atom is -0.366 e. The first-order valence-corrected chi connectivity index (χ1v) is 9.25. The number of carbonyl (C=O) groups excluding carboxylic acids is 2. The number of hydrogen-bond acceptors (Lipinski definition) is 7. The number of carbonyl (C=O) groups is 2. The zero-order valence-corrected chi connectivity index (χ0v) is 15.6. The SMILES string of the molecule is NC(=O)c1ccccc1NC(=O)C1CCCN(c2ccc(-n3cncn3)nn2)C1. The molecule has 1 aromatic carbocycles. The van der Waals surface area contributed by atoms with Crippen LogP contribution >= 0.6 is 0 Å². The fourth-order valence-corrected chi connectivity index (χ4v) is 3.38. The topological polar surface area (TPSA) is 132 Å². The Hall–Kier alpha value is -3.82.